The van der Waals surface area contributed by atoms with Crippen molar-refractivity contribution < 1.29 is 0 Å². The van der Waals surface area contributed by atoms with Gasteiger partial charge in [-0.15, -0.1) is 0 Å². The van der Waals surface area contributed by atoms with E-state index in [9.17, 15) is 0 Å². The molecule has 0 aromatic heterocycles. The molecular weight excluding hydrogens is 206 g/mol. The van der Waals surface area contributed by atoms with Crippen molar-refractivity contribution in [2.24, 2.45) is 0 Å². The molecular formula is C8H9AsCl. The van der Waals surface area contributed by atoms with Crippen molar-refractivity contribution in [1.82, 2.24) is 0 Å². The average molecular weight is 216 g/mol. The third-order valence-electron chi connectivity index (χ3n) is 1.33. The van der Waals surface area contributed by atoms with Gasteiger partial charge in [0, 0.05) is 0 Å². The third kappa shape index (κ3) is 2.77. The van der Waals surface area contributed by atoms with Crippen LogP contribution in [0.2, 0.25) is 5.21 Å². The fourth-order valence-corrected chi connectivity index (χ4v) is 1.97. The van der Waals surface area contributed by atoms with Crippen LogP contribution in [0.3, 0.4) is 0 Å². The minimum absolute atomic E-state index is 0.0727. The maximum atomic E-state index is 5.65. The summed E-state index contributed by atoms with van der Waals surface area (Å²) in [6, 6.07) is 10.5. The molecule has 0 atom stereocenters. The van der Waals surface area contributed by atoms with Crippen molar-refractivity contribution in [3.63, 3.8) is 0 Å². The summed E-state index contributed by atoms with van der Waals surface area (Å²) in [6.07, 6.45) is 1.14. The molecule has 0 N–H and O–H groups in total. The first-order valence-corrected chi connectivity index (χ1v) is 7.04. The Kier molecular flexibility index (Phi) is 3.94. The molecule has 1 rings (SSSR count). The standard InChI is InChI=1S/C8H9AsCl/c10-9-7-6-8-4-2-1-3-5-8/h1-5H,6-7H2. The molecule has 0 fully saturated rings. The van der Waals surface area contributed by atoms with Crippen molar-refractivity contribution in [3.05, 3.63) is 35.9 Å². The van der Waals surface area contributed by atoms with E-state index in [1.165, 1.54) is 10.8 Å². The van der Waals surface area contributed by atoms with E-state index in [4.69, 9.17) is 9.95 Å². The zero-order valence-electron chi connectivity index (χ0n) is 5.63. The Morgan fingerprint density at radius 2 is 1.90 bits per heavy atom. The molecule has 1 radical (unpaired) electrons. The van der Waals surface area contributed by atoms with E-state index in [-0.39, 0.29) is 14.8 Å². The first-order valence-electron chi connectivity index (χ1n) is 3.25. The van der Waals surface area contributed by atoms with Gasteiger partial charge in [-0.25, -0.2) is 0 Å². The van der Waals surface area contributed by atoms with Crippen LogP contribution in [-0.4, -0.2) is 14.8 Å². The summed E-state index contributed by atoms with van der Waals surface area (Å²) < 4.78 is 0. The predicted octanol–water partition coefficient (Wildman–Crippen LogP) is 2.51. The summed E-state index contributed by atoms with van der Waals surface area (Å²) in [4.78, 5) is 0. The van der Waals surface area contributed by atoms with Crippen molar-refractivity contribution >= 4 is 24.8 Å². The Bertz CT molecular complexity index is 174. The quantitative estimate of drug-likeness (QED) is 0.680. The topological polar surface area (TPSA) is 0 Å². The summed E-state index contributed by atoms with van der Waals surface area (Å²) in [5.74, 6) is 0. The summed E-state index contributed by atoms with van der Waals surface area (Å²) >= 11 is 0.0727. The van der Waals surface area contributed by atoms with E-state index in [1.54, 1.807) is 0 Å². The molecule has 0 nitrogen and oxygen atoms in total. The van der Waals surface area contributed by atoms with Crippen LogP contribution < -0.4 is 0 Å². The molecule has 1 aromatic rings. The fraction of sp³-hybridized carbons (Fsp3) is 0.250. The van der Waals surface area contributed by atoms with Gasteiger partial charge in [0.25, 0.3) is 0 Å². The molecule has 0 heterocycles. The van der Waals surface area contributed by atoms with E-state index in [2.05, 4.69) is 24.3 Å². The van der Waals surface area contributed by atoms with Crippen molar-refractivity contribution in [2.45, 2.75) is 11.6 Å². The number of benzene rings is 1. The minimum atomic E-state index is 0.0727. The normalized spacial score (nSPS) is 10.9. The molecule has 0 aliphatic rings. The Morgan fingerprint density at radius 1 is 1.20 bits per heavy atom. The number of rotatable bonds is 3. The van der Waals surface area contributed by atoms with Crippen LogP contribution in [0.4, 0.5) is 0 Å². The Morgan fingerprint density at radius 3 is 2.50 bits per heavy atom. The monoisotopic (exact) mass is 215 g/mol. The van der Waals surface area contributed by atoms with Gasteiger partial charge in [0.15, 0.2) is 0 Å². The Hall–Kier alpha value is 0.0684. The molecule has 0 aliphatic carbocycles. The summed E-state index contributed by atoms with van der Waals surface area (Å²) in [6.45, 7) is 0. The second-order valence-corrected chi connectivity index (χ2v) is 4.76. The van der Waals surface area contributed by atoms with Gasteiger partial charge < -0.3 is 0 Å². The van der Waals surface area contributed by atoms with Crippen LogP contribution in [0.5, 0.6) is 0 Å². The van der Waals surface area contributed by atoms with Gasteiger partial charge in [-0.05, 0) is 0 Å². The molecule has 0 amide bonds. The SMILES string of the molecule is Cl[As]CCc1ccccc1. The van der Waals surface area contributed by atoms with Crippen LogP contribution in [0.25, 0.3) is 0 Å². The third-order valence-corrected chi connectivity index (χ3v) is 3.03. The van der Waals surface area contributed by atoms with Crippen molar-refractivity contribution in [2.75, 3.05) is 0 Å². The molecule has 10 heavy (non-hydrogen) atoms. The Labute approximate surface area is 72.4 Å². The van der Waals surface area contributed by atoms with Crippen LogP contribution in [0.1, 0.15) is 5.56 Å². The molecule has 0 unspecified atom stereocenters. The zero-order valence-corrected chi connectivity index (χ0v) is 8.26. The molecule has 53 valence electrons. The second kappa shape index (κ2) is 4.82. The zero-order chi connectivity index (χ0) is 7.23. The van der Waals surface area contributed by atoms with Gasteiger partial charge in [0.2, 0.25) is 0 Å². The Balaban J connectivity index is 2.43. The molecule has 0 saturated carbocycles. The van der Waals surface area contributed by atoms with E-state index in [1.807, 2.05) is 6.07 Å². The van der Waals surface area contributed by atoms with E-state index in [0.717, 1.165) is 6.42 Å². The summed E-state index contributed by atoms with van der Waals surface area (Å²) in [5.41, 5.74) is 1.40. The van der Waals surface area contributed by atoms with Gasteiger partial charge in [-0.2, -0.15) is 0 Å². The predicted molar refractivity (Wildman–Crippen MR) is 46.6 cm³/mol. The van der Waals surface area contributed by atoms with Gasteiger partial charge in [0.05, 0.1) is 0 Å². The molecule has 0 aliphatic heterocycles. The number of aryl methyl sites for hydroxylation is 1. The van der Waals surface area contributed by atoms with E-state index in [0.29, 0.717) is 0 Å². The summed E-state index contributed by atoms with van der Waals surface area (Å²) in [5, 5.41) is 1.17. The van der Waals surface area contributed by atoms with E-state index >= 15 is 0 Å². The van der Waals surface area contributed by atoms with Crippen LogP contribution in [0.15, 0.2) is 30.3 Å². The van der Waals surface area contributed by atoms with Crippen LogP contribution >= 0.6 is 9.95 Å². The first-order chi connectivity index (χ1) is 4.93. The fourth-order valence-electron chi connectivity index (χ4n) is 0.816. The second-order valence-electron chi connectivity index (χ2n) is 2.08. The van der Waals surface area contributed by atoms with Crippen LogP contribution in [-0.2, 0) is 6.42 Å². The number of hydrogen-bond donors (Lipinski definition) is 0. The van der Waals surface area contributed by atoms with Crippen molar-refractivity contribution in [3.8, 4) is 0 Å². The van der Waals surface area contributed by atoms with Gasteiger partial charge in [-0.3, -0.25) is 0 Å². The van der Waals surface area contributed by atoms with Gasteiger partial charge in [-0.1, -0.05) is 0 Å². The summed E-state index contributed by atoms with van der Waals surface area (Å²) in [7, 11) is 5.65. The number of hydrogen-bond acceptors (Lipinski definition) is 0. The van der Waals surface area contributed by atoms with E-state index < -0.39 is 0 Å². The molecule has 1 aromatic carbocycles. The molecule has 0 spiro atoms. The average Bonchev–Trinajstić information content (AvgIpc) is 2.03. The molecule has 2 heteroatoms. The molecule has 0 saturated heterocycles. The maximum absolute atomic E-state index is 5.65. The van der Waals surface area contributed by atoms with Crippen LogP contribution in [0, 0.1) is 0 Å². The van der Waals surface area contributed by atoms with Gasteiger partial charge >= 0.3 is 72.3 Å². The van der Waals surface area contributed by atoms with Gasteiger partial charge in [0.1, 0.15) is 0 Å². The van der Waals surface area contributed by atoms with Crippen molar-refractivity contribution in [1.29, 1.82) is 0 Å². The number of halogens is 1. The molecule has 0 bridgehead atoms. The first kappa shape index (κ1) is 8.17.